The van der Waals surface area contributed by atoms with Gasteiger partial charge in [-0.05, 0) is 58.7 Å². The van der Waals surface area contributed by atoms with E-state index in [0.717, 1.165) is 28.8 Å². The highest BCUT2D eigenvalue weighted by Crippen LogP contribution is 2.31. The highest BCUT2D eigenvalue weighted by Gasteiger charge is 2.29. The van der Waals surface area contributed by atoms with Crippen molar-refractivity contribution in [2.75, 3.05) is 0 Å². The van der Waals surface area contributed by atoms with Crippen molar-refractivity contribution in [1.82, 2.24) is 4.57 Å². The Morgan fingerprint density at radius 1 is 0.824 bits per heavy atom. The molecule has 4 nitrogen and oxygen atoms in total. The van der Waals surface area contributed by atoms with E-state index in [1.165, 1.54) is 12.1 Å². The van der Waals surface area contributed by atoms with Gasteiger partial charge in [0.05, 0.1) is 5.56 Å². The zero-order chi connectivity index (χ0) is 24.1. The third-order valence-corrected chi connectivity index (χ3v) is 5.53. The maximum atomic E-state index is 12.7. The van der Waals surface area contributed by atoms with E-state index < -0.39 is 23.8 Å². The Morgan fingerprint density at radius 2 is 1.35 bits per heavy atom. The lowest BCUT2D eigenvalue weighted by atomic mass is 10.0. The van der Waals surface area contributed by atoms with E-state index in [-0.39, 0.29) is 0 Å². The van der Waals surface area contributed by atoms with Crippen molar-refractivity contribution in [2.45, 2.75) is 25.2 Å². The normalized spacial score (nSPS) is 12.3. The monoisotopic (exact) mass is 465 g/mol. The Morgan fingerprint density at radius 3 is 1.88 bits per heavy atom. The third-order valence-electron chi connectivity index (χ3n) is 5.53. The minimum atomic E-state index is -4.35. The molecule has 1 atom stereocenters. The van der Waals surface area contributed by atoms with Crippen LogP contribution in [0.4, 0.5) is 13.2 Å². The number of carboxylic acids is 1. The standard InChI is InChI=1S/C27H22F3NO3/c28-27(29,30)23-11-9-22(10-12-23)21-7-3-20(4-8-21)18-34-24-13-5-19(6-14-24)17-25(26(32)33)31-15-1-2-16-31/h1-16,25H,17-18H2,(H,32,33)/t25-/m1/s1. The van der Waals surface area contributed by atoms with Gasteiger partial charge in [0.1, 0.15) is 18.4 Å². The number of nitrogens with zero attached hydrogens (tertiary/aromatic N) is 1. The highest BCUT2D eigenvalue weighted by molar-refractivity contribution is 5.72. The molecule has 0 spiro atoms. The number of hydrogen-bond acceptors (Lipinski definition) is 2. The summed E-state index contributed by atoms with van der Waals surface area (Å²) < 4.78 is 45.7. The first-order valence-corrected chi connectivity index (χ1v) is 10.6. The Kier molecular flexibility index (Phi) is 6.72. The van der Waals surface area contributed by atoms with Crippen LogP contribution in [0.1, 0.15) is 22.7 Å². The zero-order valence-corrected chi connectivity index (χ0v) is 18.1. The van der Waals surface area contributed by atoms with Crippen LogP contribution in [0.3, 0.4) is 0 Å². The lowest BCUT2D eigenvalue weighted by Gasteiger charge is -2.15. The third kappa shape index (κ3) is 5.67. The molecule has 0 saturated heterocycles. The summed E-state index contributed by atoms with van der Waals surface area (Å²) in [5.41, 5.74) is 2.65. The Bertz CT molecular complexity index is 1210. The van der Waals surface area contributed by atoms with Gasteiger partial charge in [-0.25, -0.2) is 4.79 Å². The minimum Gasteiger partial charge on any atom is -0.489 e. The summed E-state index contributed by atoms with van der Waals surface area (Å²) in [6.07, 6.45) is -0.521. The second-order valence-electron chi connectivity index (χ2n) is 7.89. The van der Waals surface area contributed by atoms with Crippen molar-refractivity contribution in [3.63, 3.8) is 0 Å². The largest absolute Gasteiger partial charge is 0.489 e. The highest BCUT2D eigenvalue weighted by atomic mass is 19.4. The first-order valence-electron chi connectivity index (χ1n) is 10.6. The summed E-state index contributed by atoms with van der Waals surface area (Å²) in [6.45, 7) is 0.327. The number of aromatic nitrogens is 1. The summed E-state index contributed by atoms with van der Waals surface area (Å²) in [5.74, 6) is -0.236. The molecule has 0 bridgehead atoms. The second-order valence-corrected chi connectivity index (χ2v) is 7.89. The minimum absolute atomic E-state index is 0.327. The smallest absolute Gasteiger partial charge is 0.416 e. The van der Waals surface area contributed by atoms with Crippen LogP contribution in [0.5, 0.6) is 5.75 Å². The fourth-order valence-electron chi connectivity index (χ4n) is 3.63. The van der Waals surface area contributed by atoms with Crippen LogP contribution in [0.25, 0.3) is 11.1 Å². The number of rotatable bonds is 8. The van der Waals surface area contributed by atoms with Gasteiger partial charge in [0.15, 0.2) is 0 Å². The average molecular weight is 465 g/mol. The molecular formula is C27H22F3NO3. The van der Waals surface area contributed by atoms with E-state index in [0.29, 0.717) is 24.3 Å². The summed E-state index contributed by atoms with van der Waals surface area (Å²) >= 11 is 0. The molecule has 1 heterocycles. The molecule has 34 heavy (non-hydrogen) atoms. The van der Waals surface area contributed by atoms with Crippen LogP contribution in [0.15, 0.2) is 97.3 Å². The maximum Gasteiger partial charge on any atom is 0.416 e. The van der Waals surface area contributed by atoms with E-state index in [1.54, 1.807) is 41.2 Å². The van der Waals surface area contributed by atoms with Gasteiger partial charge in [0, 0.05) is 18.8 Å². The van der Waals surface area contributed by atoms with Crippen molar-refractivity contribution in [1.29, 1.82) is 0 Å². The molecule has 1 N–H and O–H groups in total. The molecule has 4 aromatic rings. The molecule has 1 aromatic heterocycles. The van der Waals surface area contributed by atoms with Crippen LogP contribution in [-0.2, 0) is 24.0 Å². The summed E-state index contributed by atoms with van der Waals surface area (Å²) in [5, 5.41) is 9.52. The van der Waals surface area contributed by atoms with Gasteiger partial charge in [0.2, 0.25) is 0 Å². The molecule has 0 radical (unpaired) electrons. The van der Waals surface area contributed by atoms with E-state index in [9.17, 15) is 23.1 Å². The molecule has 174 valence electrons. The molecule has 0 unspecified atom stereocenters. The Hall–Kier alpha value is -4.00. The maximum absolute atomic E-state index is 12.7. The Labute approximate surface area is 194 Å². The molecule has 3 aromatic carbocycles. The van der Waals surface area contributed by atoms with Gasteiger partial charge in [-0.3, -0.25) is 0 Å². The summed E-state index contributed by atoms with van der Waals surface area (Å²) in [6, 6.07) is 22.7. The number of halogens is 3. The summed E-state index contributed by atoms with van der Waals surface area (Å²) in [4.78, 5) is 11.6. The van der Waals surface area contributed by atoms with Crippen LogP contribution in [-0.4, -0.2) is 15.6 Å². The first kappa shape index (κ1) is 23.2. The van der Waals surface area contributed by atoms with Gasteiger partial charge in [-0.1, -0.05) is 48.5 Å². The van der Waals surface area contributed by atoms with Crippen LogP contribution in [0, 0.1) is 0 Å². The second kappa shape index (κ2) is 9.87. The number of carbonyl (C=O) groups is 1. The molecule has 0 aliphatic heterocycles. The van der Waals surface area contributed by atoms with E-state index >= 15 is 0 Å². The SMILES string of the molecule is O=C(O)[C@@H](Cc1ccc(OCc2ccc(-c3ccc(C(F)(F)F)cc3)cc2)cc1)n1cccc1. The molecule has 4 rings (SSSR count). The van der Waals surface area contributed by atoms with E-state index in [2.05, 4.69) is 0 Å². The number of alkyl halides is 3. The van der Waals surface area contributed by atoms with E-state index in [1.807, 2.05) is 36.4 Å². The van der Waals surface area contributed by atoms with Gasteiger partial charge in [-0.2, -0.15) is 13.2 Å². The van der Waals surface area contributed by atoms with Crippen LogP contribution in [0.2, 0.25) is 0 Å². The van der Waals surface area contributed by atoms with Crippen molar-refractivity contribution < 1.29 is 27.8 Å². The molecule has 0 fully saturated rings. The van der Waals surface area contributed by atoms with Crippen LogP contribution >= 0.6 is 0 Å². The molecular weight excluding hydrogens is 443 g/mol. The zero-order valence-electron chi connectivity index (χ0n) is 18.1. The number of ether oxygens (including phenoxy) is 1. The van der Waals surface area contributed by atoms with Crippen LogP contribution < -0.4 is 4.74 Å². The van der Waals surface area contributed by atoms with E-state index in [4.69, 9.17) is 4.74 Å². The molecule has 7 heteroatoms. The fraction of sp³-hybridized carbons (Fsp3) is 0.148. The number of hydrogen-bond donors (Lipinski definition) is 1. The van der Waals surface area contributed by atoms with Gasteiger partial charge >= 0.3 is 12.1 Å². The molecule has 0 saturated carbocycles. The molecule has 0 aliphatic carbocycles. The number of carboxylic acid groups (broad SMARTS) is 1. The quantitative estimate of drug-likeness (QED) is 0.318. The van der Waals surface area contributed by atoms with Gasteiger partial charge in [-0.15, -0.1) is 0 Å². The predicted molar refractivity (Wildman–Crippen MR) is 122 cm³/mol. The fourth-order valence-corrected chi connectivity index (χ4v) is 3.63. The Balaban J connectivity index is 1.34. The average Bonchev–Trinajstić information content (AvgIpc) is 3.36. The van der Waals surface area contributed by atoms with Gasteiger partial charge in [0.25, 0.3) is 0 Å². The lowest BCUT2D eigenvalue weighted by molar-refractivity contribution is -0.141. The van der Waals surface area contributed by atoms with Crippen molar-refractivity contribution in [2.24, 2.45) is 0 Å². The predicted octanol–water partition coefficient (Wildman–Crippen LogP) is 6.62. The van der Waals surface area contributed by atoms with Crippen molar-refractivity contribution >= 4 is 5.97 Å². The number of benzene rings is 3. The lowest BCUT2D eigenvalue weighted by Crippen LogP contribution is -2.20. The number of aliphatic carboxylic acids is 1. The topological polar surface area (TPSA) is 51.5 Å². The molecule has 0 aliphatic rings. The van der Waals surface area contributed by atoms with Crippen molar-refractivity contribution in [3.8, 4) is 16.9 Å². The van der Waals surface area contributed by atoms with Crippen molar-refractivity contribution in [3.05, 3.63) is 114 Å². The van der Waals surface area contributed by atoms with Gasteiger partial charge < -0.3 is 14.4 Å². The molecule has 0 amide bonds. The first-order chi connectivity index (χ1) is 16.3. The summed E-state index contributed by atoms with van der Waals surface area (Å²) in [7, 11) is 0.